The van der Waals surface area contributed by atoms with Crippen LogP contribution < -0.4 is 10.2 Å². The van der Waals surface area contributed by atoms with Crippen molar-refractivity contribution in [1.29, 1.82) is 0 Å². The number of piperazine rings is 1. The minimum absolute atomic E-state index is 0.172. The number of aliphatic hydroxyl groups excluding tert-OH is 1. The molecule has 4 rings (SSSR count). The predicted molar refractivity (Wildman–Crippen MR) is 147 cm³/mol. The largest absolute Gasteiger partial charge is 0.396 e. The number of aliphatic imine (C=N–C) groups is 1. The Morgan fingerprint density at radius 2 is 1.92 bits per heavy atom. The number of nitrogens with zero attached hydrogens (tertiary/aromatic N) is 6. The number of aryl methyl sites for hydroxylation is 1. The molecule has 1 fully saturated rings. The molecule has 196 valence electrons. The number of amides is 1. The summed E-state index contributed by atoms with van der Waals surface area (Å²) < 4.78 is 0. The molecule has 9 heteroatoms. The number of carbonyl (C=O) groups is 1. The number of carbonyl (C=O) groups excluding carboxylic acids is 1. The number of hydrogen-bond acceptors (Lipinski definition) is 8. The Morgan fingerprint density at radius 1 is 1.14 bits per heavy atom. The maximum Gasteiger partial charge on any atom is 0.255 e. The molecule has 2 aromatic rings. The Labute approximate surface area is 219 Å². The summed E-state index contributed by atoms with van der Waals surface area (Å²) in [5, 5.41) is 12.1. The molecule has 0 spiro atoms. The van der Waals surface area contributed by atoms with Gasteiger partial charge >= 0.3 is 0 Å². The summed E-state index contributed by atoms with van der Waals surface area (Å²) in [4.78, 5) is 36.4. The molecule has 37 heavy (non-hydrogen) atoms. The van der Waals surface area contributed by atoms with E-state index in [1.54, 1.807) is 0 Å². The van der Waals surface area contributed by atoms with Crippen molar-refractivity contribution in [3.63, 3.8) is 0 Å². The number of para-hydroxylation sites is 1. The highest BCUT2D eigenvalue weighted by molar-refractivity contribution is 6.11. The fourth-order valence-electron chi connectivity index (χ4n) is 4.33. The Hall–Kier alpha value is -3.43. The zero-order chi connectivity index (χ0) is 26.0. The quantitative estimate of drug-likeness (QED) is 0.567. The number of allylic oxidation sites excluding steroid dienone is 2. The van der Waals surface area contributed by atoms with Gasteiger partial charge in [0.2, 0.25) is 5.95 Å². The third kappa shape index (κ3) is 7.77. The molecule has 2 N–H and O–H groups in total. The third-order valence-corrected chi connectivity index (χ3v) is 6.58. The summed E-state index contributed by atoms with van der Waals surface area (Å²) in [5.41, 5.74) is 2.09. The monoisotopic (exact) mass is 503 g/mol. The van der Waals surface area contributed by atoms with Crippen molar-refractivity contribution in [1.82, 2.24) is 19.9 Å². The Balaban J connectivity index is 1.57. The fourth-order valence-corrected chi connectivity index (χ4v) is 4.33. The Bertz CT molecular complexity index is 1140. The average Bonchev–Trinajstić information content (AvgIpc) is 2.92. The van der Waals surface area contributed by atoms with Crippen molar-refractivity contribution in [3.05, 3.63) is 60.0 Å². The number of aliphatic hydroxyl groups is 1. The van der Waals surface area contributed by atoms with Gasteiger partial charge in [0.25, 0.3) is 11.9 Å². The molecular weight excluding hydrogens is 466 g/mol. The first-order valence-corrected chi connectivity index (χ1v) is 13.2. The molecule has 0 bridgehead atoms. The van der Waals surface area contributed by atoms with E-state index in [4.69, 9.17) is 15.1 Å². The van der Waals surface area contributed by atoms with Crippen LogP contribution in [0.3, 0.4) is 0 Å². The van der Waals surface area contributed by atoms with Crippen LogP contribution in [0.5, 0.6) is 0 Å². The first-order chi connectivity index (χ1) is 18.0. The van der Waals surface area contributed by atoms with Gasteiger partial charge in [-0.3, -0.25) is 9.69 Å². The van der Waals surface area contributed by atoms with Crippen LogP contribution in [0.2, 0.25) is 0 Å². The second-order valence-corrected chi connectivity index (χ2v) is 9.51. The van der Waals surface area contributed by atoms with Crippen molar-refractivity contribution in [3.8, 4) is 0 Å². The summed E-state index contributed by atoms with van der Waals surface area (Å²) in [6.07, 6.45) is 8.92. The molecule has 1 amide bonds. The molecule has 1 aliphatic heterocycles. The number of anilines is 2. The molecule has 9 nitrogen and oxygen atoms in total. The van der Waals surface area contributed by atoms with Gasteiger partial charge in [-0.25, -0.2) is 4.99 Å². The van der Waals surface area contributed by atoms with Crippen LogP contribution in [0.25, 0.3) is 0 Å². The number of nitrogens with one attached hydrogen (secondary N) is 1. The number of benzene rings is 1. The fraction of sp³-hybridized carbons (Fsp3) is 0.464. The summed E-state index contributed by atoms with van der Waals surface area (Å²) in [6, 6.07) is 9.45. The van der Waals surface area contributed by atoms with Crippen molar-refractivity contribution >= 4 is 29.2 Å². The van der Waals surface area contributed by atoms with Crippen LogP contribution >= 0.6 is 0 Å². The minimum Gasteiger partial charge on any atom is -0.396 e. The van der Waals surface area contributed by atoms with Gasteiger partial charge in [0, 0.05) is 62.7 Å². The van der Waals surface area contributed by atoms with Gasteiger partial charge in [-0.05, 0) is 43.4 Å². The third-order valence-electron chi connectivity index (χ3n) is 6.58. The van der Waals surface area contributed by atoms with E-state index in [1.807, 2.05) is 49.4 Å². The molecule has 0 saturated carbocycles. The standard InChI is InChI=1S/C28H37N7O2/c1-3-25-31-27(33-28(32-25)35-17-15-34(16-18-35)14-7-19-36)30-24-13-11-21(2)10-12-22(20-24)26(37)29-23-8-5-4-6-9-23/h4-6,8-10,12,20-21,36H,3,7,11,13-19H2,1-2H3,(H,29,37)/b12-10-,22-20?,30-24?. The smallest absolute Gasteiger partial charge is 0.255 e. The summed E-state index contributed by atoms with van der Waals surface area (Å²) in [5.74, 6) is 1.89. The van der Waals surface area contributed by atoms with E-state index >= 15 is 0 Å². The molecule has 1 atom stereocenters. The zero-order valence-electron chi connectivity index (χ0n) is 21.8. The molecule has 1 aromatic carbocycles. The van der Waals surface area contributed by atoms with Gasteiger partial charge in [-0.15, -0.1) is 0 Å². The average molecular weight is 504 g/mol. The van der Waals surface area contributed by atoms with Crippen molar-refractivity contribution in [2.24, 2.45) is 10.9 Å². The highest BCUT2D eigenvalue weighted by Gasteiger charge is 2.20. The van der Waals surface area contributed by atoms with Gasteiger partial charge in [0.15, 0.2) is 0 Å². The summed E-state index contributed by atoms with van der Waals surface area (Å²) >= 11 is 0. The van der Waals surface area contributed by atoms with Crippen LogP contribution in [0, 0.1) is 5.92 Å². The highest BCUT2D eigenvalue weighted by atomic mass is 16.3. The normalized spacial score (nSPS) is 20.7. The van der Waals surface area contributed by atoms with Crippen LogP contribution in [-0.4, -0.2) is 75.9 Å². The van der Waals surface area contributed by atoms with E-state index in [0.29, 0.717) is 35.6 Å². The van der Waals surface area contributed by atoms with Crippen LogP contribution in [0.4, 0.5) is 17.6 Å². The van der Waals surface area contributed by atoms with E-state index in [2.05, 4.69) is 38.1 Å². The molecule has 1 saturated heterocycles. The molecule has 1 unspecified atom stereocenters. The minimum atomic E-state index is -0.172. The highest BCUT2D eigenvalue weighted by Crippen LogP contribution is 2.20. The molecule has 2 aliphatic rings. The lowest BCUT2D eigenvalue weighted by Gasteiger charge is -2.34. The number of aromatic nitrogens is 3. The Kier molecular flexibility index (Phi) is 9.51. The molecule has 1 aliphatic carbocycles. The van der Waals surface area contributed by atoms with E-state index < -0.39 is 0 Å². The van der Waals surface area contributed by atoms with E-state index in [9.17, 15) is 4.79 Å². The predicted octanol–water partition coefficient (Wildman–Crippen LogP) is 3.56. The SMILES string of the molecule is CCc1nc(N=C2C=C(C(=O)Nc3ccccc3)/C=C\C(C)CC2)nc(N2CCN(CCCO)CC2)n1. The van der Waals surface area contributed by atoms with E-state index in [1.165, 1.54) is 0 Å². The molecule has 1 aromatic heterocycles. The van der Waals surface area contributed by atoms with Crippen LogP contribution in [0.1, 0.15) is 38.9 Å². The zero-order valence-corrected chi connectivity index (χ0v) is 21.8. The van der Waals surface area contributed by atoms with Gasteiger partial charge in [0.1, 0.15) is 5.82 Å². The number of rotatable bonds is 8. The summed E-state index contributed by atoms with van der Waals surface area (Å²) in [7, 11) is 0. The topological polar surface area (TPSA) is 107 Å². The van der Waals surface area contributed by atoms with Gasteiger partial charge in [0.05, 0.1) is 0 Å². The van der Waals surface area contributed by atoms with Crippen molar-refractivity contribution < 1.29 is 9.90 Å². The van der Waals surface area contributed by atoms with Gasteiger partial charge in [-0.2, -0.15) is 15.0 Å². The first kappa shape index (κ1) is 26.6. The molecular formula is C28H37N7O2. The Morgan fingerprint density at radius 3 is 2.65 bits per heavy atom. The maximum atomic E-state index is 13.0. The lowest BCUT2D eigenvalue weighted by Crippen LogP contribution is -2.47. The summed E-state index contributed by atoms with van der Waals surface area (Å²) in [6.45, 7) is 8.74. The second-order valence-electron chi connectivity index (χ2n) is 9.51. The lowest BCUT2D eigenvalue weighted by atomic mass is 9.97. The lowest BCUT2D eigenvalue weighted by molar-refractivity contribution is -0.112. The van der Waals surface area contributed by atoms with Crippen LogP contribution in [-0.2, 0) is 11.2 Å². The van der Waals surface area contributed by atoms with Crippen molar-refractivity contribution in [2.45, 2.75) is 39.5 Å². The van der Waals surface area contributed by atoms with E-state index in [0.717, 1.165) is 63.4 Å². The molecule has 0 radical (unpaired) electrons. The van der Waals surface area contributed by atoms with E-state index in [-0.39, 0.29) is 12.5 Å². The van der Waals surface area contributed by atoms with Crippen LogP contribution in [0.15, 0.2) is 59.1 Å². The maximum absolute atomic E-state index is 13.0. The van der Waals surface area contributed by atoms with Gasteiger partial charge in [-0.1, -0.05) is 44.2 Å². The van der Waals surface area contributed by atoms with Crippen molar-refractivity contribution in [2.75, 3.05) is 49.5 Å². The molecule has 2 heterocycles. The number of hydrogen-bond donors (Lipinski definition) is 2. The first-order valence-electron chi connectivity index (χ1n) is 13.2. The second kappa shape index (κ2) is 13.2. The van der Waals surface area contributed by atoms with Gasteiger partial charge < -0.3 is 15.3 Å².